The molecule has 7 nitrogen and oxygen atoms in total. The molecule has 0 spiro atoms. The van der Waals surface area contributed by atoms with Crippen molar-refractivity contribution >= 4 is 45.0 Å². The van der Waals surface area contributed by atoms with Gasteiger partial charge in [-0.05, 0) is 66.6 Å². The van der Waals surface area contributed by atoms with Crippen LogP contribution in [0, 0.1) is 5.92 Å². The lowest BCUT2D eigenvalue weighted by Crippen LogP contribution is -2.50. The van der Waals surface area contributed by atoms with Crippen LogP contribution in [0.4, 0.5) is 0 Å². The van der Waals surface area contributed by atoms with E-state index in [0.29, 0.717) is 26.8 Å². The first kappa shape index (κ1) is 22.2. The Morgan fingerprint density at radius 1 is 1.39 bits per heavy atom. The predicted octanol–water partition coefficient (Wildman–Crippen LogP) is 3.03. The van der Waals surface area contributed by atoms with Crippen molar-refractivity contribution in [2.45, 2.75) is 32.9 Å². The van der Waals surface area contributed by atoms with Gasteiger partial charge in [0, 0.05) is 5.70 Å². The van der Waals surface area contributed by atoms with E-state index in [4.69, 9.17) is 26.4 Å². The Kier molecular flexibility index (Phi) is 7.42. The summed E-state index contributed by atoms with van der Waals surface area (Å²) in [5.74, 6) is -0.266. The molecule has 1 aliphatic heterocycles. The smallest absolute Gasteiger partial charge is 0.347 e. The van der Waals surface area contributed by atoms with Gasteiger partial charge < -0.3 is 24.8 Å². The zero-order valence-electron chi connectivity index (χ0n) is 16.1. The van der Waals surface area contributed by atoms with Crippen molar-refractivity contribution in [1.29, 1.82) is 0 Å². The Labute approximate surface area is 177 Å². The summed E-state index contributed by atoms with van der Waals surface area (Å²) in [5.41, 5.74) is 1.29. The molecule has 1 heterocycles. The molecule has 3 atom stereocenters. The molecule has 1 aliphatic rings. The highest BCUT2D eigenvalue weighted by Gasteiger charge is 2.35. The standard InChI is InChI=1S/C19H23BrN2O5S/c1-6-26-18(24)11(4)27-17-13(20)7-12(8-14(17)25-5)16-15(10(3)23)9(2)21-19(28)22-16/h7-8,11,15-16H,2,6H2,1,3-5H3,(H2,21,22,28)/t11-,15-,16-/m1/s1. The first-order valence-electron chi connectivity index (χ1n) is 8.67. The van der Waals surface area contributed by atoms with E-state index < -0.39 is 24.0 Å². The van der Waals surface area contributed by atoms with Crippen molar-refractivity contribution in [3.8, 4) is 11.5 Å². The van der Waals surface area contributed by atoms with Gasteiger partial charge in [-0.1, -0.05) is 6.58 Å². The summed E-state index contributed by atoms with van der Waals surface area (Å²) >= 11 is 8.68. The normalized spacial score (nSPS) is 19.9. The topological polar surface area (TPSA) is 85.9 Å². The fourth-order valence-electron chi connectivity index (χ4n) is 2.96. The Bertz CT molecular complexity index is 814. The minimum Gasteiger partial charge on any atom is -0.493 e. The second kappa shape index (κ2) is 9.38. The van der Waals surface area contributed by atoms with Crippen LogP contribution < -0.4 is 20.1 Å². The van der Waals surface area contributed by atoms with Gasteiger partial charge in [0.05, 0.1) is 30.1 Å². The minimum atomic E-state index is -0.815. The number of hydrogen-bond acceptors (Lipinski definition) is 6. The lowest BCUT2D eigenvalue weighted by Gasteiger charge is -2.35. The van der Waals surface area contributed by atoms with Crippen molar-refractivity contribution < 1.29 is 23.8 Å². The molecule has 2 rings (SSSR count). The largest absolute Gasteiger partial charge is 0.493 e. The first-order chi connectivity index (χ1) is 13.2. The molecule has 0 aliphatic carbocycles. The van der Waals surface area contributed by atoms with Crippen LogP contribution in [0.3, 0.4) is 0 Å². The molecule has 1 fully saturated rings. The van der Waals surface area contributed by atoms with E-state index in [-0.39, 0.29) is 12.4 Å². The summed E-state index contributed by atoms with van der Waals surface area (Å²) in [6.07, 6.45) is -0.815. The zero-order chi connectivity index (χ0) is 21.0. The zero-order valence-corrected chi connectivity index (χ0v) is 18.5. The predicted molar refractivity (Wildman–Crippen MR) is 112 cm³/mol. The Morgan fingerprint density at radius 3 is 2.64 bits per heavy atom. The van der Waals surface area contributed by atoms with E-state index in [0.717, 1.165) is 5.56 Å². The van der Waals surface area contributed by atoms with E-state index >= 15 is 0 Å². The molecular weight excluding hydrogens is 448 g/mol. The van der Waals surface area contributed by atoms with Crippen LogP contribution in [0.25, 0.3) is 0 Å². The van der Waals surface area contributed by atoms with Gasteiger partial charge in [0.1, 0.15) is 5.78 Å². The Hall–Kier alpha value is -2.13. The lowest BCUT2D eigenvalue weighted by atomic mass is 9.86. The van der Waals surface area contributed by atoms with Gasteiger partial charge in [-0.3, -0.25) is 4.79 Å². The van der Waals surface area contributed by atoms with Gasteiger partial charge in [0.25, 0.3) is 0 Å². The molecule has 1 aromatic rings. The van der Waals surface area contributed by atoms with Crippen molar-refractivity contribution in [3.05, 3.63) is 34.4 Å². The highest BCUT2D eigenvalue weighted by molar-refractivity contribution is 9.10. The van der Waals surface area contributed by atoms with Crippen LogP contribution >= 0.6 is 28.1 Å². The maximum atomic E-state index is 12.2. The highest BCUT2D eigenvalue weighted by Crippen LogP contribution is 2.41. The number of rotatable bonds is 7. The fraction of sp³-hybridized carbons (Fsp3) is 0.421. The van der Waals surface area contributed by atoms with Gasteiger partial charge >= 0.3 is 5.97 Å². The fourth-order valence-corrected chi connectivity index (χ4v) is 3.77. The summed E-state index contributed by atoms with van der Waals surface area (Å²) in [7, 11) is 1.50. The van der Waals surface area contributed by atoms with E-state index in [1.54, 1.807) is 26.0 Å². The number of methoxy groups -OCH3 is 1. The summed E-state index contributed by atoms with van der Waals surface area (Å²) < 4.78 is 16.7. The van der Waals surface area contributed by atoms with Crippen molar-refractivity contribution in [2.75, 3.05) is 13.7 Å². The van der Waals surface area contributed by atoms with Crippen LogP contribution in [0.2, 0.25) is 0 Å². The number of nitrogens with one attached hydrogen (secondary N) is 2. The number of halogens is 1. The SMILES string of the molecule is C=C1NC(=S)N[C@H](c2cc(Br)c(O[C@H](C)C(=O)OCC)c(OC)c2)[C@H]1C(C)=O. The number of thiocarbonyl (C=S) groups is 1. The summed E-state index contributed by atoms with van der Waals surface area (Å²) in [6, 6.07) is 3.12. The molecular formula is C19H23BrN2O5S. The highest BCUT2D eigenvalue weighted by atomic mass is 79.9. The van der Waals surface area contributed by atoms with Crippen molar-refractivity contribution in [3.63, 3.8) is 0 Å². The van der Waals surface area contributed by atoms with E-state index in [1.165, 1.54) is 14.0 Å². The maximum Gasteiger partial charge on any atom is 0.347 e. The second-order valence-electron chi connectivity index (χ2n) is 6.24. The number of esters is 1. The monoisotopic (exact) mass is 470 g/mol. The van der Waals surface area contributed by atoms with Gasteiger partial charge in [0.2, 0.25) is 0 Å². The summed E-state index contributed by atoms with van der Waals surface area (Å²) in [6.45, 7) is 9.02. The number of carbonyl (C=O) groups excluding carboxylic acids is 2. The van der Waals surface area contributed by atoms with E-state index in [9.17, 15) is 9.59 Å². The van der Waals surface area contributed by atoms with Gasteiger partial charge in [-0.25, -0.2) is 4.79 Å². The molecule has 0 amide bonds. The molecule has 152 valence electrons. The van der Waals surface area contributed by atoms with Gasteiger partial charge in [-0.2, -0.15) is 0 Å². The first-order valence-corrected chi connectivity index (χ1v) is 9.87. The Morgan fingerprint density at radius 2 is 2.07 bits per heavy atom. The average molecular weight is 471 g/mol. The third-order valence-electron chi connectivity index (χ3n) is 4.23. The maximum absolute atomic E-state index is 12.2. The summed E-state index contributed by atoms with van der Waals surface area (Å²) in [4.78, 5) is 24.1. The molecule has 28 heavy (non-hydrogen) atoms. The van der Waals surface area contributed by atoms with Crippen LogP contribution in [0.15, 0.2) is 28.9 Å². The molecule has 0 aromatic heterocycles. The number of benzene rings is 1. The quantitative estimate of drug-likeness (QED) is 0.464. The van der Waals surface area contributed by atoms with Crippen molar-refractivity contribution in [2.24, 2.45) is 5.92 Å². The third kappa shape index (κ3) is 4.82. The van der Waals surface area contributed by atoms with Crippen LogP contribution in [0.1, 0.15) is 32.4 Å². The molecule has 1 aromatic carbocycles. The number of hydrogen-bond donors (Lipinski definition) is 2. The second-order valence-corrected chi connectivity index (χ2v) is 7.50. The third-order valence-corrected chi connectivity index (χ3v) is 5.04. The van der Waals surface area contributed by atoms with E-state index in [2.05, 4.69) is 33.1 Å². The number of ketones is 1. The molecule has 0 bridgehead atoms. The van der Waals surface area contributed by atoms with Crippen LogP contribution in [-0.4, -0.2) is 36.7 Å². The number of carbonyl (C=O) groups is 2. The van der Waals surface area contributed by atoms with Crippen LogP contribution in [0.5, 0.6) is 11.5 Å². The van der Waals surface area contributed by atoms with Gasteiger partial charge in [0.15, 0.2) is 22.7 Å². The minimum absolute atomic E-state index is 0.0520. The Balaban J connectivity index is 2.41. The van der Waals surface area contributed by atoms with Crippen molar-refractivity contribution in [1.82, 2.24) is 10.6 Å². The molecule has 9 heteroatoms. The number of Topliss-reactive ketones (excluding diaryl/α,β-unsaturated/α-hetero) is 1. The van der Waals surface area contributed by atoms with Gasteiger partial charge in [-0.15, -0.1) is 0 Å². The van der Waals surface area contributed by atoms with Crippen LogP contribution in [-0.2, 0) is 14.3 Å². The molecule has 2 N–H and O–H groups in total. The average Bonchev–Trinajstić information content (AvgIpc) is 2.62. The molecule has 1 saturated heterocycles. The molecule has 0 saturated carbocycles. The molecule has 0 radical (unpaired) electrons. The number of ether oxygens (including phenoxy) is 3. The molecule has 0 unspecified atom stereocenters. The summed E-state index contributed by atoms with van der Waals surface area (Å²) in [5, 5.41) is 6.40. The lowest BCUT2D eigenvalue weighted by molar-refractivity contribution is -0.150. The van der Waals surface area contributed by atoms with E-state index in [1.807, 2.05) is 0 Å².